The van der Waals surface area contributed by atoms with E-state index in [-0.39, 0.29) is 24.3 Å². The topological polar surface area (TPSA) is 43.4 Å². The molecule has 0 atom stereocenters. The fourth-order valence-electron chi connectivity index (χ4n) is 5.16. The van der Waals surface area contributed by atoms with Crippen molar-refractivity contribution in [2.24, 2.45) is 23.7 Å². The Morgan fingerprint density at radius 3 is 2.07 bits per heavy atom. The van der Waals surface area contributed by atoms with Crippen molar-refractivity contribution in [3.63, 3.8) is 0 Å². The lowest BCUT2D eigenvalue weighted by Gasteiger charge is -2.37. The highest BCUT2D eigenvalue weighted by Crippen LogP contribution is 2.42. The van der Waals surface area contributed by atoms with Gasteiger partial charge in [0.15, 0.2) is 12.4 Å². The van der Waals surface area contributed by atoms with Crippen LogP contribution in [0.1, 0.15) is 81.5 Å². The predicted octanol–water partition coefficient (Wildman–Crippen LogP) is 6.59. The summed E-state index contributed by atoms with van der Waals surface area (Å²) in [5.74, 6) is 2.26. The first kappa shape index (κ1) is 21.5. The van der Waals surface area contributed by atoms with Crippen LogP contribution < -0.4 is 0 Å². The van der Waals surface area contributed by atoms with Crippen molar-refractivity contribution in [3.05, 3.63) is 34.3 Å². The van der Waals surface area contributed by atoms with Gasteiger partial charge in [0.05, 0.1) is 5.92 Å². The molecule has 1 aromatic rings. The van der Waals surface area contributed by atoms with Gasteiger partial charge in [0.25, 0.3) is 0 Å². The van der Waals surface area contributed by atoms with Crippen molar-refractivity contribution in [1.82, 2.24) is 0 Å². The lowest BCUT2D eigenvalue weighted by Crippen LogP contribution is -2.29. The average Bonchev–Trinajstić information content (AvgIpc) is 2.73. The van der Waals surface area contributed by atoms with Crippen LogP contribution in [0.15, 0.2) is 28.7 Å². The molecule has 2 aliphatic rings. The molecule has 4 heteroatoms. The van der Waals surface area contributed by atoms with Gasteiger partial charge in [-0.15, -0.1) is 0 Å². The Labute approximate surface area is 177 Å². The molecular weight excluding hydrogens is 416 g/mol. The molecule has 154 valence electrons. The summed E-state index contributed by atoms with van der Waals surface area (Å²) in [5.41, 5.74) is 0.582. The Kier molecular flexibility index (Phi) is 8.13. The molecule has 0 amide bonds. The van der Waals surface area contributed by atoms with Crippen molar-refractivity contribution in [1.29, 1.82) is 0 Å². The highest BCUT2D eigenvalue weighted by molar-refractivity contribution is 9.10. The third-order valence-electron chi connectivity index (χ3n) is 6.87. The Bertz CT molecular complexity index is 638. The summed E-state index contributed by atoms with van der Waals surface area (Å²) in [5, 5.41) is 0. The number of esters is 1. The Hall–Kier alpha value is -1.16. The fourth-order valence-corrected chi connectivity index (χ4v) is 5.42. The van der Waals surface area contributed by atoms with Gasteiger partial charge in [0, 0.05) is 10.0 Å². The molecule has 2 aliphatic carbocycles. The first-order valence-electron chi connectivity index (χ1n) is 11.0. The van der Waals surface area contributed by atoms with Crippen molar-refractivity contribution < 1.29 is 14.3 Å². The smallest absolute Gasteiger partial charge is 0.309 e. The van der Waals surface area contributed by atoms with Crippen LogP contribution in [0.3, 0.4) is 0 Å². The van der Waals surface area contributed by atoms with E-state index < -0.39 is 0 Å². The van der Waals surface area contributed by atoms with E-state index in [0.29, 0.717) is 5.56 Å². The van der Waals surface area contributed by atoms with Gasteiger partial charge in [0.1, 0.15) is 0 Å². The van der Waals surface area contributed by atoms with Gasteiger partial charge in [-0.3, -0.25) is 9.59 Å². The molecule has 0 radical (unpaired) electrons. The SMILES string of the molecule is CCCC1CCC(C2CCC(C(=O)OCC(=O)c3ccc(Br)cc3)CC2)CC1. The second-order valence-electron chi connectivity index (χ2n) is 8.72. The summed E-state index contributed by atoms with van der Waals surface area (Å²) in [6.45, 7) is 2.14. The van der Waals surface area contributed by atoms with Crippen molar-refractivity contribution in [3.8, 4) is 0 Å². The fraction of sp³-hybridized carbons (Fsp3) is 0.667. The zero-order valence-corrected chi connectivity index (χ0v) is 18.6. The largest absolute Gasteiger partial charge is 0.457 e. The van der Waals surface area contributed by atoms with Crippen LogP contribution in [0.4, 0.5) is 0 Å². The van der Waals surface area contributed by atoms with Crippen LogP contribution in [-0.4, -0.2) is 18.4 Å². The summed E-state index contributed by atoms with van der Waals surface area (Å²) in [7, 11) is 0. The molecule has 0 spiro atoms. The van der Waals surface area contributed by atoms with E-state index in [1.807, 2.05) is 12.1 Å². The van der Waals surface area contributed by atoms with Crippen molar-refractivity contribution >= 4 is 27.7 Å². The zero-order chi connectivity index (χ0) is 19.9. The number of carbonyl (C=O) groups excluding carboxylic acids is 2. The maximum atomic E-state index is 12.4. The third kappa shape index (κ3) is 5.92. The van der Waals surface area contributed by atoms with Gasteiger partial charge in [-0.1, -0.05) is 60.7 Å². The molecule has 0 saturated heterocycles. The third-order valence-corrected chi connectivity index (χ3v) is 7.40. The van der Waals surface area contributed by atoms with Crippen LogP contribution in [0, 0.1) is 23.7 Å². The van der Waals surface area contributed by atoms with Crippen LogP contribution in [0.25, 0.3) is 0 Å². The molecule has 3 rings (SSSR count). The summed E-state index contributed by atoms with van der Waals surface area (Å²) < 4.78 is 6.28. The van der Waals surface area contributed by atoms with Gasteiger partial charge in [-0.05, 0) is 68.4 Å². The zero-order valence-electron chi connectivity index (χ0n) is 17.0. The number of hydrogen-bond donors (Lipinski definition) is 0. The molecular formula is C24H33BrO3. The average molecular weight is 449 g/mol. The highest BCUT2D eigenvalue weighted by Gasteiger charge is 2.33. The van der Waals surface area contributed by atoms with E-state index in [2.05, 4.69) is 22.9 Å². The molecule has 0 unspecified atom stereocenters. The van der Waals surface area contributed by atoms with E-state index >= 15 is 0 Å². The minimum absolute atomic E-state index is 0.0228. The Morgan fingerprint density at radius 1 is 0.929 bits per heavy atom. The van der Waals surface area contributed by atoms with Crippen LogP contribution in [0.2, 0.25) is 0 Å². The van der Waals surface area contributed by atoms with E-state index in [4.69, 9.17) is 4.74 Å². The highest BCUT2D eigenvalue weighted by atomic mass is 79.9. The Morgan fingerprint density at radius 2 is 1.50 bits per heavy atom. The lowest BCUT2D eigenvalue weighted by atomic mass is 9.69. The number of ether oxygens (including phenoxy) is 1. The summed E-state index contributed by atoms with van der Waals surface area (Å²) in [4.78, 5) is 24.6. The number of benzene rings is 1. The van der Waals surface area contributed by atoms with Gasteiger partial charge >= 0.3 is 5.97 Å². The minimum atomic E-state index is -0.185. The number of rotatable bonds is 7. The standard InChI is InChI=1S/C24H33BrO3/c1-2-3-17-4-6-18(7-5-17)19-8-10-21(11-9-19)24(27)28-16-23(26)20-12-14-22(25)15-13-20/h12-15,17-19,21H,2-11,16H2,1H3. The van der Waals surface area contributed by atoms with E-state index in [0.717, 1.165) is 47.9 Å². The number of Topliss-reactive ketones (excluding diaryl/α,β-unsaturated/α-hetero) is 1. The predicted molar refractivity (Wildman–Crippen MR) is 115 cm³/mol. The maximum absolute atomic E-state index is 12.4. The summed E-state index contributed by atoms with van der Waals surface area (Å²) in [6, 6.07) is 7.15. The van der Waals surface area contributed by atoms with Crippen molar-refractivity contribution in [2.75, 3.05) is 6.61 Å². The molecule has 0 aromatic heterocycles. The lowest BCUT2D eigenvalue weighted by molar-refractivity contribution is -0.149. The van der Waals surface area contributed by atoms with Gasteiger partial charge in [-0.2, -0.15) is 0 Å². The van der Waals surface area contributed by atoms with E-state index in [1.54, 1.807) is 12.1 Å². The first-order valence-corrected chi connectivity index (χ1v) is 11.8. The molecule has 0 aliphatic heterocycles. The van der Waals surface area contributed by atoms with Crippen LogP contribution in [0.5, 0.6) is 0 Å². The normalized spacial score (nSPS) is 27.9. The summed E-state index contributed by atoms with van der Waals surface area (Å²) >= 11 is 3.36. The van der Waals surface area contributed by atoms with Gasteiger partial charge < -0.3 is 4.74 Å². The maximum Gasteiger partial charge on any atom is 0.309 e. The van der Waals surface area contributed by atoms with Crippen LogP contribution in [-0.2, 0) is 9.53 Å². The van der Waals surface area contributed by atoms with Crippen molar-refractivity contribution in [2.45, 2.75) is 71.1 Å². The monoisotopic (exact) mass is 448 g/mol. The first-order chi connectivity index (χ1) is 13.6. The van der Waals surface area contributed by atoms with E-state index in [1.165, 1.54) is 38.5 Å². The second-order valence-corrected chi connectivity index (χ2v) is 9.63. The Balaban J connectivity index is 1.38. The van der Waals surface area contributed by atoms with Gasteiger partial charge in [-0.25, -0.2) is 0 Å². The van der Waals surface area contributed by atoms with E-state index in [9.17, 15) is 9.59 Å². The molecule has 28 heavy (non-hydrogen) atoms. The molecule has 2 fully saturated rings. The number of ketones is 1. The quantitative estimate of drug-likeness (QED) is 0.349. The molecule has 0 bridgehead atoms. The molecule has 0 N–H and O–H groups in total. The van der Waals surface area contributed by atoms with Crippen LogP contribution >= 0.6 is 15.9 Å². The summed E-state index contributed by atoms with van der Waals surface area (Å²) in [6.07, 6.45) is 12.4. The second kappa shape index (κ2) is 10.6. The number of halogens is 1. The molecule has 2 saturated carbocycles. The minimum Gasteiger partial charge on any atom is -0.457 e. The van der Waals surface area contributed by atoms with Gasteiger partial charge in [0.2, 0.25) is 0 Å². The molecule has 1 aromatic carbocycles. The molecule has 0 heterocycles. The molecule has 3 nitrogen and oxygen atoms in total. The number of carbonyl (C=O) groups is 2. The number of hydrogen-bond acceptors (Lipinski definition) is 3.